The first-order valence-corrected chi connectivity index (χ1v) is 5.36. The first-order chi connectivity index (χ1) is 9.24. The molecule has 0 aromatic carbocycles. The van der Waals surface area contributed by atoms with Gasteiger partial charge in [0, 0.05) is 24.0 Å². The van der Waals surface area contributed by atoms with Crippen LogP contribution >= 0.6 is 0 Å². The zero-order chi connectivity index (χ0) is 13.2. The van der Waals surface area contributed by atoms with Crippen molar-refractivity contribution in [1.29, 1.82) is 0 Å². The maximum absolute atomic E-state index is 10.5. The van der Waals surface area contributed by atoms with Crippen LogP contribution in [0.4, 0.5) is 5.88 Å². The van der Waals surface area contributed by atoms with Crippen LogP contribution in [-0.2, 0) is 0 Å². The van der Waals surface area contributed by atoms with Gasteiger partial charge in [-0.05, 0) is 18.2 Å². The quantitative estimate of drug-likeness (QED) is 0.528. The van der Waals surface area contributed by atoms with Gasteiger partial charge in [-0.3, -0.25) is 15.1 Å². The van der Waals surface area contributed by atoms with E-state index in [0.717, 1.165) is 5.56 Å². The summed E-state index contributed by atoms with van der Waals surface area (Å²) in [6.45, 7) is 0. The van der Waals surface area contributed by atoms with E-state index in [1.807, 2.05) is 6.07 Å². The average molecular weight is 257 g/mol. The molecule has 0 unspecified atom stereocenters. The summed E-state index contributed by atoms with van der Waals surface area (Å²) in [6, 6.07) is 7.98. The average Bonchev–Trinajstić information content (AvgIpc) is 3.09. The van der Waals surface area contributed by atoms with Gasteiger partial charge in [-0.15, -0.1) is 0 Å². The highest BCUT2D eigenvalue weighted by Gasteiger charge is 2.16. The number of hydrogen-bond acceptors (Lipinski definition) is 6. The summed E-state index contributed by atoms with van der Waals surface area (Å²) < 4.78 is 10.2. The number of hydrogen-bond donors (Lipinski definition) is 0. The number of pyridine rings is 1. The molecule has 3 heterocycles. The Morgan fingerprint density at radius 2 is 2.11 bits per heavy atom. The van der Waals surface area contributed by atoms with E-state index in [0.29, 0.717) is 11.5 Å². The van der Waals surface area contributed by atoms with Crippen molar-refractivity contribution in [2.24, 2.45) is 0 Å². The molecule has 0 N–H and O–H groups in total. The standard InChI is InChI=1S/C12H7N3O4/c16-15(17)12-4-3-10(18-12)9-6-11(19-14-9)8-2-1-5-13-7-8/h1-7H. The predicted octanol–water partition coefficient (Wildman–Crippen LogP) is 2.90. The molecule has 0 saturated heterocycles. The molecule has 3 aromatic rings. The van der Waals surface area contributed by atoms with Gasteiger partial charge in [0.2, 0.25) is 0 Å². The summed E-state index contributed by atoms with van der Waals surface area (Å²) >= 11 is 0. The zero-order valence-corrected chi connectivity index (χ0v) is 9.52. The van der Waals surface area contributed by atoms with Crippen molar-refractivity contribution in [3.8, 4) is 22.8 Å². The SMILES string of the molecule is O=[N+]([O-])c1ccc(-c2cc(-c3cccnc3)on2)o1. The molecular formula is C12H7N3O4. The highest BCUT2D eigenvalue weighted by molar-refractivity contribution is 5.63. The molecule has 0 amide bonds. The molecule has 0 fully saturated rings. The van der Waals surface area contributed by atoms with Crippen LogP contribution in [0, 0.1) is 10.1 Å². The van der Waals surface area contributed by atoms with Gasteiger partial charge >= 0.3 is 5.88 Å². The minimum Gasteiger partial charge on any atom is -0.399 e. The normalized spacial score (nSPS) is 10.5. The third-order valence-electron chi connectivity index (χ3n) is 2.48. The molecule has 0 aliphatic heterocycles. The number of nitrogens with zero attached hydrogens (tertiary/aromatic N) is 3. The molecule has 0 saturated carbocycles. The van der Waals surface area contributed by atoms with E-state index in [4.69, 9.17) is 8.94 Å². The van der Waals surface area contributed by atoms with Crippen molar-refractivity contribution in [3.63, 3.8) is 0 Å². The Kier molecular flexibility index (Phi) is 2.57. The van der Waals surface area contributed by atoms with Crippen molar-refractivity contribution >= 4 is 5.88 Å². The summed E-state index contributed by atoms with van der Waals surface area (Å²) in [7, 11) is 0. The lowest BCUT2D eigenvalue weighted by atomic mass is 10.2. The lowest BCUT2D eigenvalue weighted by molar-refractivity contribution is -0.401. The lowest BCUT2D eigenvalue weighted by Gasteiger charge is -1.90. The molecule has 0 aliphatic carbocycles. The molecule has 94 valence electrons. The number of rotatable bonds is 3. The molecule has 0 radical (unpaired) electrons. The fourth-order valence-corrected chi connectivity index (χ4v) is 1.60. The van der Waals surface area contributed by atoms with E-state index in [1.165, 1.54) is 12.1 Å². The van der Waals surface area contributed by atoms with Crippen LogP contribution in [0.5, 0.6) is 0 Å². The molecule has 7 heteroatoms. The zero-order valence-electron chi connectivity index (χ0n) is 9.52. The summed E-state index contributed by atoms with van der Waals surface area (Å²) in [5, 5.41) is 14.3. The second-order valence-electron chi connectivity index (χ2n) is 3.71. The largest absolute Gasteiger partial charge is 0.433 e. The van der Waals surface area contributed by atoms with Gasteiger partial charge in [-0.25, -0.2) is 0 Å². The minimum absolute atomic E-state index is 0.283. The second kappa shape index (κ2) is 4.37. The van der Waals surface area contributed by atoms with Crippen LogP contribution in [0.25, 0.3) is 22.8 Å². The van der Waals surface area contributed by atoms with Crippen LogP contribution < -0.4 is 0 Å². The fourth-order valence-electron chi connectivity index (χ4n) is 1.60. The molecule has 3 aromatic heterocycles. The molecule has 0 atom stereocenters. The lowest BCUT2D eigenvalue weighted by Crippen LogP contribution is -1.82. The molecule has 0 spiro atoms. The number of aromatic nitrogens is 2. The van der Waals surface area contributed by atoms with E-state index in [2.05, 4.69) is 10.1 Å². The number of furan rings is 1. The Balaban J connectivity index is 1.94. The van der Waals surface area contributed by atoms with E-state index in [1.54, 1.807) is 24.5 Å². The van der Waals surface area contributed by atoms with Gasteiger partial charge in [0.15, 0.2) is 11.5 Å². The third kappa shape index (κ3) is 2.08. The van der Waals surface area contributed by atoms with Crippen LogP contribution in [-0.4, -0.2) is 15.1 Å². The molecule has 19 heavy (non-hydrogen) atoms. The summed E-state index contributed by atoms with van der Waals surface area (Å²) in [5.74, 6) is 0.466. The first-order valence-electron chi connectivity index (χ1n) is 5.36. The van der Waals surface area contributed by atoms with Gasteiger partial charge in [-0.1, -0.05) is 5.16 Å². The van der Waals surface area contributed by atoms with Crippen molar-refractivity contribution in [1.82, 2.24) is 10.1 Å². The van der Waals surface area contributed by atoms with Crippen LogP contribution in [0.3, 0.4) is 0 Å². The molecule has 0 aliphatic rings. The summed E-state index contributed by atoms with van der Waals surface area (Å²) in [5.41, 5.74) is 1.16. The molecule has 3 rings (SSSR count). The highest BCUT2D eigenvalue weighted by atomic mass is 16.6. The molecule has 0 bridgehead atoms. The van der Waals surface area contributed by atoms with Crippen LogP contribution in [0.1, 0.15) is 0 Å². The Morgan fingerprint density at radius 1 is 1.21 bits per heavy atom. The van der Waals surface area contributed by atoms with E-state index >= 15 is 0 Å². The van der Waals surface area contributed by atoms with E-state index in [9.17, 15) is 10.1 Å². The topological polar surface area (TPSA) is 95.2 Å². The van der Waals surface area contributed by atoms with Crippen molar-refractivity contribution in [3.05, 3.63) is 52.8 Å². The van der Waals surface area contributed by atoms with Gasteiger partial charge in [0.1, 0.15) is 10.6 Å². The Morgan fingerprint density at radius 3 is 2.79 bits per heavy atom. The fraction of sp³-hybridized carbons (Fsp3) is 0. The van der Waals surface area contributed by atoms with Gasteiger partial charge in [0.05, 0.1) is 6.07 Å². The van der Waals surface area contributed by atoms with Crippen molar-refractivity contribution in [2.45, 2.75) is 0 Å². The maximum atomic E-state index is 10.5. The van der Waals surface area contributed by atoms with Crippen molar-refractivity contribution in [2.75, 3.05) is 0 Å². The van der Waals surface area contributed by atoms with E-state index in [-0.39, 0.29) is 11.6 Å². The summed E-state index contributed by atoms with van der Waals surface area (Å²) in [6.07, 6.45) is 3.28. The van der Waals surface area contributed by atoms with Crippen LogP contribution in [0.15, 0.2) is 51.7 Å². The monoisotopic (exact) mass is 257 g/mol. The van der Waals surface area contributed by atoms with Gasteiger partial charge in [-0.2, -0.15) is 0 Å². The Bertz CT molecular complexity index is 717. The Labute approximate surface area is 106 Å². The van der Waals surface area contributed by atoms with Crippen LogP contribution in [0.2, 0.25) is 0 Å². The van der Waals surface area contributed by atoms with Gasteiger partial charge < -0.3 is 8.94 Å². The predicted molar refractivity (Wildman–Crippen MR) is 64.1 cm³/mol. The van der Waals surface area contributed by atoms with Crippen molar-refractivity contribution < 1.29 is 13.9 Å². The second-order valence-corrected chi connectivity index (χ2v) is 3.71. The third-order valence-corrected chi connectivity index (χ3v) is 2.48. The first kappa shape index (κ1) is 11.1. The highest BCUT2D eigenvalue weighted by Crippen LogP contribution is 2.28. The Hall–Kier alpha value is -2.96. The van der Waals surface area contributed by atoms with Gasteiger partial charge in [0.25, 0.3) is 0 Å². The molecule has 7 nitrogen and oxygen atoms in total. The maximum Gasteiger partial charge on any atom is 0.433 e. The number of nitro groups is 1. The minimum atomic E-state index is -0.606. The summed E-state index contributed by atoms with van der Waals surface area (Å²) in [4.78, 5) is 13.9. The molecular weight excluding hydrogens is 250 g/mol. The van der Waals surface area contributed by atoms with E-state index < -0.39 is 4.92 Å². The smallest absolute Gasteiger partial charge is 0.399 e.